The van der Waals surface area contributed by atoms with Crippen molar-refractivity contribution in [3.63, 3.8) is 0 Å². The van der Waals surface area contributed by atoms with Crippen LogP contribution in [0.25, 0.3) is 0 Å². The number of halogens is 2. The number of anilines is 1. The molecule has 4 nitrogen and oxygen atoms in total. The first-order chi connectivity index (χ1) is 9.32. The molecule has 0 aliphatic carbocycles. The second kappa shape index (κ2) is 5.47. The molecule has 0 radical (unpaired) electrons. The lowest BCUT2D eigenvalue weighted by atomic mass is 9.98. The third-order valence-electron chi connectivity index (χ3n) is 3.44. The van der Waals surface area contributed by atoms with Crippen LogP contribution in [0.5, 0.6) is 0 Å². The van der Waals surface area contributed by atoms with E-state index in [1.807, 2.05) is 11.8 Å². The lowest BCUT2D eigenvalue weighted by Gasteiger charge is -2.32. The maximum Gasteiger partial charge on any atom is 0.341 e. The molecule has 0 saturated carbocycles. The quantitative estimate of drug-likeness (QED) is 0.858. The Hall–Kier alpha value is -1.50. The molecule has 0 N–H and O–H groups in total. The summed E-state index contributed by atoms with van der Waals surface area (Å²) in [6.07, 6.45) is 0.443. The Morgan fingerprint density at radius 1 is 1.25 bits per heavy atom. The van der Waals surface area contributed by atoms with Crippen LogP contribution in [-0.4, -0.2) is 33.0 Å². The van der Waals surface area contributed by atoms with Gasteiger partial charge in [0, 0.05) is 31.1 Å². The molecule has 1 heterocycles. The van der Waals surface area contributed by atoms with Crippen LogP contribution in [0.4, 0.5) is 14.5 Å². The number of piperidine rings is 1. The van der Waals surface area contributed by atoms with Crippen LogP contribution in [0.3, 0.4) is 0 Å². The molecule has 1 aliphatic rings. The molecule has 0 aromatic heterocycles. The number of alkyl halides is 2. The minimum atomic E-state index is -4.55. The highest BCUT2D eigenvalue weighted by Crippen LogP contribution is 2.24. The van der Waals surface area contributed by atoms with Crippen molar-refractivity contribution in [3.05, 3.63) is 24.3 Å². The molecule has 1 unspecified atom stereocenters. The maximum absolute atomic E-state index is 12.4. The van der Waals surface area contributed by atoms with Crippen LogP contribution in [0.1, 0.15) is 13.3 Å². The summed E-state index contributed by atoms with van der Waals surface area (Å²) in [5.41, 5.74) is 0.734. The van der Waals surface area contributed by atoms with Crippen LogP contribution < -0.4 is 4.90 Å². The van der Waals surface area contributed by atoms with Crippen molar-refractivity contribution in [3.8, 4) is 0 Å². The van der Waals surface area contributed by atoms with Gasteiger partial charge in [-0.1, -0.05) is 6.92 Å². The Bertz CT molecular complexity index is 599. The summed E-state index contributed by atoms with van der Waals surface area (Å²) in [4.78, 5) is 13.0. The minimum Gasteiger partial charge on any atom is -0.370 e. The summed E-state index contributed by atoms with van der Waals surface area (Å²) in [6, 6.07) is 5.35. The van der Waals surface area contributed by atoms with Crippen LogP contribution in [-0.2, 0) is 14.6 Å². The molecule has 20 heavy (non-hydrogen) atoms. The minimum absolute atomic E-state index is 0.0757. The van der Waals surface area contributed by atoms with Gasteiger partial charge in [-0.05, 0) is 24.3 Å². The van der Waals surface area contributed by atoms with Crippen LogP contribution in [0.15, 0.2) is 29.2 Å². The van der Waals surface area contributed by atoms with Crippen molar-refractivity contribution in [1.29, 1.82) is 0 Å². The Balaban J connectivity index is 2.19. The smallest absolute Gasteiger partial charge is 0.341 e. The topological polar surface area (TPSA) is 54.5 Å². The Morgan fingerprint density at radius 2 is 1.85 bits per heavy atom. The lowest BCUT2D eigenvalue weighted by molar-refractivity contribution is -0.122. The van der Waals surface area contributed by atoms with Gasteiger partial charge in [0.25, 0.3) is 0 Å². The van der Waals surface area contributed by atoms with E-state index < -0.39 is 20.5 Å². The van der Waals surface area contributed by atoms with E-state index in [0.29, 0.717) is 19.5 Å². The zero-order valence-electron chi connectivity index (χ0n) is 10.9. The van der Waals surface area contributed by atoms with Crippen molar-refractivity contribution < 1.29 is 22.0 Å². The number of sulfone groups is 1. The molecule has 0 bridgehead atoms. The molecule has 1 aromatic rings. The molecule has 1 aliphatic heterocycles. The average Bonchev–Trinajstić information content (AvgIpc) is 2.42. The number of ketones is 1. The standard InChI is InChI=1S/C13H15F2NO3S/c1-9-8-16(7-6-12(9)17)10-2-4-11(5-3-10)20(18,19)13(14)15/h2-5,9,13H,6-8H2,1H3. The number of carbonyl (C=O) groups excluding carboxylic acids is 1. The monoisotopic (exact) mass is 303 g/mol. The third-order valence-corrected chi connectivity index (χ3v) is 4.84. The molecule has 1 fully saturated rings. The molecular formula is C13H15F2NO3S. The van der Waals surface area contributed by atoms with Gasteiger partial charge in [0.15, 0.2) is 0 Å². The summed E-state index contributed by atoms with van der Waals surface area (Å²) in [7, 11) is -4.55. The van der Waals surface area contributed by atoms with Gasteiger partial charge < -0.3 is 4.90 Å². The van der Waals surface area contributed by atoms with Gasteiger partial charge in [-0.3, -0.25) is 4.79 Å². The van der Waals surface area contributed by atoms with E-state index >= 15 is 0 Å². The second-order valence-electron chi connectivity index (χ2n) is 4.86. The molecule has 110 valence electrons. The Labute approximate surface area is 116 Å². The average molecular weight is 303 g/mol. The predicted molar refractivity (Wildman–Crippen MR) is 70.6 cm³/mol. The first-order valence-corrected chi connectivity index (χ1v) is 7.77. The third kappa shape index (κ3) is 2.82. The second-order valence-corrected chi connectivity index (χ2v) is 6.78. The number of Topliss-reactive ketones (excluding diaryl/α,β-unsaturated/α-hetero) is 1. The highest BCUT2D eigenvalue weighted by molar-refractivity contribution is 7.91. The first kappa shape index (κ1) is 14.9. The Morgan fingerprint density at radius 3 is 2.35 bits per heavy atom. The van der Waals surface area contributed by atoms with Crippen molar-refractivity contribution in [2.24, 2.45) is 5.92 Å². The van der Waals surface area contributed by atoms with E-state index in [1.54, 1.807) is 0 Å². The summed E-state index contributed by atoms with van der Waals surface area (Å²) in [5.74, 6) is -3.28. The van der Waals surface area contributed by atoms with Crippen molar-refractivity contribution >= 4 is 21.3 Å². The fraction of sp³-hybridized carbons (Fsp3) is 0.462. The highest BCUT2D eigenvalue weighted by atomic mass is 32.2. The normalized spacial score (nSPS) is 20.5. The van der Waals surface area contributed by atoms with Gasteiger partial charge in [-0.15, -0.1) is 0 Å². The van der Waals surface area contributed by atoms with Gasteiger partial charge in [0.1, 0.15) is 5.78 Å². The molecule has 7 heteroatoms. The van der Waals surface area contributed by atoms with E-state index in [9.17, 15) is 22.0 Å². The fourth-order valence-corrected chi connectivity index (χ4v) is 2.92. The van der Waals surface area contributed by atoms with Crippen LogP contribution in [0, 0.1) is 5.92 Å². The van der Waals surface area contributed by atoms with E-state index in [-0.39, 0.29) is 11.7 Å². The zero-order chi connectivity index (χ0) is 14.9. The number of nitrogens with zero attached hydrogens (tertiary/aromatic N) is 1. The number of hydrogen-bond acceptors (Lipinski definition) is 4. The molecule has 2 rings (SSSR count). The molecule has 1 saturated heterocycles. The van der Waals surface area contributed by atoms with E-state index in [4.69, 9.17) is 0 Å². The summed E-state index contributed by atoms with van der Waals surface area (Å²) < 4.78 is 47.4. The van der Waals surface area contributed by atoms with Gasteiger partial charge in [0.2, 0.25) is 9.84 Å². The molecule has 1 atom stereocenters. The highest BCUT2D eigenvalue weighted by Gasteiger charge is 2.27. The number of hydrogen-bond donors (Lipinski definition) is 0. The van der Waals surface area contributed by atoms with Gasteiger partial charge in [0.05, 0.1) is 4.90 Å². The lowest BCUT2D eigenvalue weighted by Crippen LogP contribution is -2.39. The number of carbonyl (C=O) groups is 1. The maximum atomic E-state index is 12.4. The van der Waals surface area contributed by atoms with Crippen molar-refractivity contribution in [2.75, 3.05) is 18.0 Å². The van der Waals surface area contributed by atoms with Gasteiger partial charge in [-0.25, -0.2) is 8.42 Å². The van der Waals surface area contributed by atoms with E-state index in [2.05, 4.69) is 0 Å². The van der Waals surface area contributed by atoms with Crippen molar-refractivity contribution in [2.45, 2.75) is 24.0 Å². The number of rotatable bonds is 3. The van der Waals surface area contributed by atoms with Crippen LogP contribution in [0.2, 0.25) is 0 Å². The SMILES string of the molecule is CC1CN(c2ccc(S(=O)(=O)C(F)F)cc2)CCC1=O. The molecule has 1 aromatic carbocycles. The Kier molecular flexibility index (Phi) is 4.08. The van der Waals surface area contributed by atoms with Gasteiger partial charge in [-0.2, -0.15) is 8.78 Å². The largest absolute Gasteiger partial charge is 0.370 e. The van der Waals surface area contributed by atoms with Gasteiger partial charge >= 0.3 is 5.76 Å². The van der Waals surface area contributed by atoms with E-state index in [0.717, 1.165) is 5.69 Å². The zero-order valence-corrected chi connectivity index (χ0v) is 11.7. The van der Waals surface area contributed by atoms with E-state index in [1.165, 1.54) is 24.3 Å². The van der Waals surface area contributed by atoms with Crippen molar-refractivity contribution in [1.82, 2.24) is 0 Å². The predicted octanol–water partition coefficient (Wildman–Crippen LogP) is 2.10. The molecule has 0 spiro atoms. The molecular weight excluding hydrogens is 288 g/mol. The number of benzene rings is 1. The molecule has 0 amide bonds. The summed E-state index contributed by atoms with van der Waals surface area (Å²) in [5, 5.41) is 0. The first-order valence-electron chi connectivity index (χ1n) is 6.22. The summed E-state index contributed by atoms with van der Waals surface area (Å²) in [6.45, 7) is 2.95. The summed E-state index contributed by atoms with van der Waals surface area (Å²) >= 11 is 0. The van der Waals surface area contributed by atoms with Crippen LogP contribution >= 0.6 is 0 Å². The fourth-order valence-electron chi connectivity index (χ4n) is 2.20.